The highest BCUT2D eigenvalue weighted by Gasteiger charge is 2.33. The molecule has 0 spiro atoms. The van der Waals surface area contributed by atoms with Gasteiger partial charge in [0.05, 0.1) is 0 Å². The van der Waals surface area contributed by atoms with E-state index in [1.54, 1.807) is 16.7 Å². The van der Waals surface area contributed by atoms with Gasteiger partial charge < -0.3 is 4.90 Å². The Morgan fingerprint density at radius 2 is 2.09 bits per heavy atom. The van der Waals surface area contributed by atoms with Gasteiger partial charge in [0.25, 0.3) is 11.5 Å². The lowest BCUT2D eigenvalue weighted by molar-refractivity contribution is 0.0752. The van der Waals surface area contributed by atoms with Crippen LogP contribution in [0.4, 0.5) is 0 Å². The molecule has 1 fully saturated rings. The number of nitrogens with zero attached hydrogens (tertiary/aromatic N) is 3. The van der Waals surface area contributed by atoms with Crippen LogP contribution < -0.4 is 5.56 Å². The minimum atomic E-state index is -0.241. The maximum Gasteiger partial charge on any atom is 0.275 e. The van der Waals surface area contributed by atoms with Crippen molar-refractivity contribution >= 4 is 29.3 Å². The van der Waals surface area contributed by atoms with E-state index >= 15 is 0 Å². The highest BCUT2D eigenvalue weighted by Crippen LogP contribution is 2.41. The molecule has 114 valence electrons. The van der Waals surface area contributed by atoms with Crippen LogP contribution in [0.3, 0.4) is 0 Å². The highest BCUT2D eigenvalue weighted by molar-refractivity contribution is 7.99. The number of rotatable bonds is 2. The van der Waals surface area contributed by atoms with E-state index in [9.17, 15) is 9.59 Å². The highest BCUT2D eigenvalue weighted by atomic mass is 35.5. The van der Waals surface area contributed by atoms with Gasteiger partial charge >= 0.3 is 0 Å². The minimum Gasteiger partial charge on any atom is -0.320 e. The van der Waals surface area contributed by atoms with Gasteiger partial charge in [0.2, 0.25) is 0 Å². The third-order valence-electron chi connectivity index (χ3n) is 3.50. The van der Waals surface area contributed by atoms with Gasteiger partial charge in [0, 0.05) is 36.0 Å². The van der Waals surface area contributed by atoms with Crippen molar-refractivity contribution in [2.24, 2.45) is 7.05 Å². The molecule has 1 aromatic heterocycles. The number of thioether (sulfide) groups is 1. The van der Waals surface area contributed by atoms with Crippen LogP contribution >= 0.6 is 23.4 Å². The minimum absolute atomic E-state index is 0.125. The summed E-state index contributed by atoms with van der Waals surface area (Å²) < 4.78 is 1.17. The fourth-order valence-corrected chi connectivity index (χ4v) is 3.97. The first-order chi connectivity index (χ1) is 10.6. The summed E-state index contributed by atoms with van der Waals surface area (Å²) in [6.45, 7) is 0.629. The maximum atomic E-state index is 12.7. The van der Waals surface area contributed by atoms with Gasteiger partial charge in [0.15, 0.2) is 0 Å². The zero-order chi connectivity index (χ0) is 15.7. The zero-order valence-corrected chi connectivity index (χ0v) is 13.5. The molecular formula is C15H14ClN3O2S. The number of aryl methyl sites for hydroxylation is 1. The van der Waals surface area contributed by atoms with E-state index in [1.165, 1.54) is 23.9 Å². The van der Waals surface area contributed by atoms with Crippen molar-refractivity contribution < 1.29 is 4.79 Å². The standard InChI is InChI=1S/C15H14ClN3O2S/c1-18-13(20)7-6-12(17-18)14(21)19-8-9-22-15(19)10-4-2-3-5-11(10)16/h2-7,15H,8-9H2,1H3. The van der Waals surface area contributed by atoms with Crippen LogP contribution in [0.1, 0.15) is 21.4 Å². The monoisotopic (exact) mass is 335 g/mol. The van der Waals surface area contributed by atoms with Crippen LogP contribution in [0.25, 0.3) is 0 Å². The van der Waals surface area contributed by atoms with Crippen molar-refractivity contribution in [2.75, 3.05) is 12.3 Å². The Balaban J connectivity index is 1.93. The normalized spacial score (nSPS) is 17.7. The molecule has 1 aromatic carbocycles. The molecule has 22 heavy (non-hydrogen) atoms. The number of hydrogen-bond donors (Lipinski definition) is 0. The Bertz CT molecular complexity index is 777. The zero-order valence-electron chi connectivity index (χ0n) is 11.9. The number of halogens is 1. The van der Waals surface area contributed by atoms with E-state index in [0.29, 0.717) is 11.6 Å². The summed E-state index contributed by atoms with van der Waals surface area (Å²) in [5, 5.41) is 4.56. The fourth-order valence-electron chi connectivity index (χ4n) is 2.37. The van der Waals surface area contributed by atoms with Crippen LogP contribution in [-0.2, 0) is 7.05 Å². The van der Waals surface area contributed by atoms with Crippen LogP contribution in [0.15, 0.2) is 41.2 Å². The summed E-state index contributed by atoms with van der Waals surface area (Å²) >= 11 is 7.93. The SMILES string of the molecule is Cn1nc(C(=O)N2CCSC2c2ccccc2Cl)ccc1=O. The Hall–Kier alpha value is -1.79. The van der Waals surface area contributed by atoms with E-state index in [2.05, 4.69) is 5.10 Å². The van der Waals surface area contributed by atoms with Crippen molar-refractivity contribution in [1.29, 1.82) is 0 Å². The Labute approximate surface area is 136 Å². The molecule has 7 heteroatoms. The molecule has 0 aliphatic carbocycles. The third kappa shape index (κ3) is 2.76. The van der Waals surface area contributed by atoms with E-state index in [0.717, 1.165) is 11.3 Å². The van der Waals surface area contributed by atoms with Gasteiger partial charge in [-0.2, -0.15) is 5.10 Å². The number of hydrogen-bond acceptors (Lipinski definition) is 4. The lowest BCUT2D eigenvalue weighted by Crippen LogP contribution is -2.33. The second-order valence-corrected chi connectivity index (χ2v) is 6.52. The van der Waals surface area contributed by atoms with E-state index in [1.807, 2.05) is 24.3 Å². The second-order valence-electron chi connectivity index (χ2n) is 4.92. The molecule has 1 saturated heterocycles. The molecule has 1 atom stereocenters. The molecule has 3 rings (SSSR count). The van der Waals surface area contributed by atoms with Gasteiger partial charge in [-0.25, -0.2) is 4.68 Å². The van der Waals surface area contributed by atoms with E-state index in [-0.39, 0.29) is 22.5 Å². The first kappa shape index (κ1) is 15.1. The maximum absolute atomic E-state index is 12.7. The molecule has 5 nitrogen and oxygen atoms in total. The molecule has 1 aliphatic rings. The predicted octanol–water partition coefficient (Wildman–Crippen LogP) is 2.32. The summed E-state index contributed by atoms with van der Waals surface area (Å²) in [5.74, 6) is 0.651. The molecule has 2 heterocycles. The first-order valence-corrected chi connectivity index (χ1v) is 8.22. The van der Waals surface area contributed by atoms with Gasteiger partial charge in [-0.3, -0.25) is 9.59 Å². The lowest BCUT2D eigenvalue weighted by atomic mass is 10.2. The molecule has 0 radical (unpaired) electrons. The summed E-state index contributed by atoms with van der Waals surface area (Å²) in [4.78, 5) is 25.8. The molecule has 0 N–H and O–H groups in total. The van der Waals surface area contributed by atoms with Crippen LogP contribution in [-0.4, -0.2) is 32.9 Å². The van der Waals surface area contributed by atoms with Crippen LogP contribution in [0.5, 0.6) is 0 Å². The predicted molar refractivity (Wildman–Crippen MR) is 87.2 cm³/mol. The molecular weight excluding hydrogens is 322 g/mol. The molecule has 0 saturated carbocycles. The topological polar surface area (TPSA) is 55.2 Å². The van der Waals surface area contributed by atoms with Crippen LogP contribution in [0, 0.1) is 0 Å². The lowest BCUT2D eigenvalue weighted by Gasteiger charge is -2.24. The third-order valence-corrected chi connectivity index (χ3v) is 5.09. The average molecular weight is 336 g/mol. The van der Waals surface area contributed by atoms with Crippen molar-refractivity contribution in [3.8, 4) is 0 Å². The quantitative estimate of drug-likeness (QED) is 0.845. The van der Waals surface area contributed by atoms with Crippen LogP contribution in [0.2, 0.25) is 5.02 Å². The Morgan fingerprint density at radius 3 is 2.82 bits per heavy atom. The number of carbonyl (C=O) groups excluding carboxylic acids is 1. The fraction of sp³-hybridized carbons (Fsp3) is 0.267. The van der Waals surface area contributed by atoms with Crippen molar-refractivity contribution in [3.05, 3.63) is 63.0 Å². The summed E-state index contributed by atoms with van der Waals surface area (Å²) in [6.07, 6.45) is 0. The first-order valence-electron chi connectivity index (χ1n) is 6.79. The molecule has 0 bridgehead atoms. The van der Waals surface area contributed by atoms with Crippen molar-refractivity contribution in [3.63, 3.8) is 0 Å². The van der Waals surface area contributed by atoms with Crippen molar-refractivity contribution in [2.45, 2.75) is 5.37 Å². The summed E-state index contributed by atoms with van der Waals surface area (Å²) in [7, 11) is 1.53. The van der Waals surface area contributed by atoms with Gasteiger partial charge in [0.1, 0.15) is 11.1 Å². The molecule has 1 unspecified atom stereocenters. The number of carbonyl (C=O) groups is 1. The average Bonchev–Trinajstić information content (AvgIpc) is 2.99. The van der Waals surface area contributed by atoms with Crippen molar-refractivity contribution in [1.82, 2.24) is 14.7 Å². The second kappa shape index (κ2) is 6.14. The van der Waals surface area contributed by atoms with E-state index in [4.69, 9.17) is 11.6 Å². The van der Waals surface area contributed by atoms with Gasteiger partial charge in [-0.15, -0.1) is 11.8 Å². The van der Waals surface area contributed by atoms with E-state index < -0.39 is 0 Å². The van der Waals surface area contributed by atoms with Gasteiger partial charge in [-0.05, 0) is 12.1 Å². The summed E-state index contributed by atoms with van der Waals surface area (Å²) in [6, 6.07) is 10.4. The Morgan fingerprint density at radius 1 is 1.32 bits per heavy atom. The molecule has 2 aromatic rings. The largest absolute Gasteiger partial charge is 0.320 e. The number of aromatic nitrogens is 2. The number of amides is 1. The number of benzene rings is 1. The molecule has 1 amide bonds. The smallest absolute Gasteiger partial charge is 0.275 e. The summed E-state index contributed by atoms with van der Waals surface area (Å²) in [5.41, 5.74) is 0.946. The Kier molecular flexibility index (Phi) is 4.22. The van der Waals surface area contributed by atoms with Gasteiger partial charge in [-0.1, -0.05) is 29.8 Å². The molecule has 1 aliphatic heterocycles.